The van der Waals surface area contributed by atoms with E-state index >= 15 is 0 Å². The van der Waals surface area contributed by atoms with Gasteiger partial charge in [0.1, 0.15) is 11.5 Å². The van der Waals surface area contributed by atoms with Crippen molar-refractivity contribution in [2.75, 3.05) is 14.2 Å². The van der Waals surface area contributed by atoms with Crippen LogP contribution in [0.4, 0.5) is 0 Å². The quantitative estimate of drug-likeness (QED) is 0.482. The Morgan fingerprint density at radius 3 is 2.43 bits per heavy atom. The lowest BCUT2D eigenvalue weighted by atomic mass is 10.0. The van der Waals surface area contributed by atoms with E-state index in [1.807, 2.05) is 0 Å². The second kappa shape index (κ2) is 5.05. The molecule has 1 aliphatic carbocycles. The Morgan fingerprint density at radius 2 is 1.93 bits per heavy atom. The van der Waals surface area contributed by atoms with E-state index < -0.39 is 0 Å². The summed E-state index contributed by atoms with van der Waals surface area (Å²) in [6.45, 7) is 0. The van der Waals surface area contributed by atoms with Gasteiger partial charge in [0.15, 0.2) is 0 Å². The fourth-order valence-corrected chi connectivity index (χ4v) is 1.90. The summed E-state index contributed by atoms with van der Waals surface area (Å²) < 4.78 is 11.3. The van der Waals surface area contributed by atoms with Crippen molar-refractivity contribution < 1.29 is 14.7 Å². The minimum Gasteiger partial charge on any atom is -0.500 e. The lowest BCUT2D eigenvalue weighted by molar-refractivity contribution is 0.230. The summed E-state index contributed by atoms with van der Waals surface area (Å²) in [4.78, 5) is 0. The van der Waals surface area contributed by atoms with Crippen LogP contribution in [-0.4, -0.2) is 25.6 Å². The third-order valence-electron chi connectivity index (χ3n) is 2.03. The summed E-state index contributed by atoms with van der Waals surface area (Å²) in [5.41, 5.74) is 0.850. The third kappa shape index (κ3) is 2.29. The van der Waals surface area contributed by atoms with E-state index in [1.54, 1.807) is 14.2 Å². The summed E-state index contributed by atoms with van der Waals surface area (Å²) in [7, 11) is 3.21. The first-order valence-corrected chi connectivity index (χ1v) is 4.87. The minimum absolute atomic E-state index is 0.578. The molecule has 0 atom stereocenters. The minimum atomic E-state index is 0.578. The first-order valence-electron chi connectivity index (χ1n) is 4.07. The van der Waals surface area contributed by atoms with Crippen LogP contribution in [-0.2, 0) is 9.47 Å². The summed E-state index contributed by atoms with van der Waals surface area (Å²) in [5, 5.41) is 11.5. The fourth-order valence-electron chi connectivity index (χ4n) is 1.29. The summed E-state index contributed by atoms with van der Waals surface area (Å²) in [6, 6.07) is 0. The Balaban J connectivity index is 2.90. The van der Waals surface area contributed by atoms with E-state index in [1.165, 1.54) is 6.21 Å². The highest BCUT2D eigenvalue weighted by Crippen LogP contribution is 2.33. The van der Waals surface area contributed by atoms with Crippen LogP contribution in [0.15, 0.2) is 26.7 Å². The second-order valence-electron chi connectivity index (χ2n) is 2.78. The fraction of sp³-hybridized carbons (Fsp3) is 0.444. The van der Waals surface area contributed by atoms with Gasteiger partial charge in [0, 0.05) is 16.5 Å². The Hall–Kier alpha value is -0.970. The first-order chi connectivity index (χ1) is 6.72. The topological polar surface area (TPSA) is 51.0 Å². The van der Waals surface area contributed by atoms with Gasteiger partial charge in [-0.3, -0.25) is 0 Å². The number of ether oxygens (including phenoxy) is 2. The van der Waals surface area contributed by atoms with Crippen LogP contribution < -0.4 is 0 Å². The predicted octanol–water partition coefficient (Wildman–Crippen LogP) is 2.39. The zero-order valence-corrected chi connectivity index (χ0v) is 9.67. The van der Waals surface area contributed by atoms with Crippen molar-refractivity contribution in [1.29, 1.82) is 0 Å². The Bertz CT molecular complexity index is 307. The molecular formula is C9H12BrNO3. The van der Waals surface area contributed by atoms with Crippen LogP contribution in [0.3, 0.4) is 0 Å². The van der Waals surface area contributed by atoms with E-state index in [-0.39, 0.29) is 0 Å². The largest absolute Gasteiger partial charge is 0.500 e. The summed E-state index contributed by atoms with van der Waals surface area (Å²) in [6.07, 6.45) is 2.58. The predicted molar refractivity (Wildman–Crippen MR) is 56.5 cm³/mol. The molecule has 1 rings (SSSR count). The molecule has 0 fully saturated rings. The van der Waals surface area contributed by atoms with Crippen molar-refractivity contribution >= 4 is 22.1 Å². The molecule has 0 saturated carbocycles. The second-order valence-corrected chi connectivity index (χ2v) is 3.74. The number of methoxy groups -OCH3 is 2. The zero-order chi connectivity index (χ0) is 10.6. The molecule has 1 aliphatic rings. The van der Waals surface area contributed by atoms with Gasteiger partial charge < -0.3 is 14.7 Å². The summed E-state index contributed by atoms with van der Waals surface area (Å²) >= 11 is 3.40. The molecule has 0 unspecified atom stereocenters. The number of oxime groups is 1. The Labute approximate surface area is 91.0 Å². The molecule has 0 radical (unpaired) electrons. The highest BCUT2D eigenvalue weighted by molar-refractivity contribution is 9.11. The third-order valence-corrected chi connectivity index (χ3v) is 2.76. The molecule has 0 aromatic rings. The van der Waals surface area contributed by atoms with Crippen molar-refractivity contribution in [3.8, 4) is 0 Å². The Morgan fingerprint density at radius 1 is 1.29 bits per heavy atom. The number of hydrogen-bond donors (Lipinski definition) is 1. The molecule has 0 saturated heterocycles. The van der Waals surface area contributed by atoms with E-state index in [0.29, 0.717) is 12.8 Å². The van der Waals surface area contributed by atoms with Crippen molar-refractivity contribution in [3.63, 3.8) is 0 Å². The maximum atomic E-state index is 8.46. The number of allylic oxidation sites excluding steroid dienone is 2. The van der Waals surface area contributed by atoms with Gasteiger partial charge in [-0.2, -0.15) is 0 Å². The van der Waals surface area contributed by atoms with Gasteiger partial charge in [-0.1, -0.05) is 21.1 Å². The van der Waals surface area contributed by atoms with Crippen LogP contribution in [0.1, 0.15) is 12.8 Å². The molecule has 0 spiro atoms. The molecular weight excluding hydrogens is 250 g/mol. The van der Waals surface area contributed by atoms with Crippen LogP contribution in [0.25, 0.3) is 0 Å². The molecule has 0 heterocycles. The van der Waals surface area contributed by atoms with Crippen molar-refractivity contribution in [1.82, 2.24) is 0 Å². The molecule has 0 bridgehead atoms. The van der Waals surface area contributed by atoms with Gasteiger partial charge in [-0.25, -0.2) is 0 Å². The molecule has 5 heteroatoms. The molecule has 14 heavy (non-hydrogen) atoms. The van der Waals surface area contributed by atoms with Gasteiger partial charge >= 0.3 is 0 Å². The van der Waals surface area contributed by atoms with Crippen molar-refractivity contribution in [2.24, 2.45) is 5.16 Å². The molecule has 78 valence electrons. The molecule has 0 aromatic carbocycles. The van der Waals surface area contributed by atoms with Gasteiger partial charge in [0.25, 0.3) is 0 Å². The van der Waals surface area contributed by atoms with Crippen molar-refractivity contribution in [3.05, 3.63) is 21.6 Å². The number of rotatable bonds is 3. The maximum Gasteiger partial charge on any atom is 0.113 e. The average molecular weight is 262 g/mol. The number of hydrogen-bond acceptors (Lipinski definition) is 4. The van der Waals surface area contributed by atoms with Crippen LogP contribution >= 0.6 is 15.9 Å². The van der Waals surface area contributed by atoms with Gasteiger partial charge in [0.2, 0.25) is 0 Å². The summed E-state index contributed by atoms with van der Waals surface area (Å²) in [5.74, 6) is 1.61. The van der Waals surface area contributed by atoms with Crippen LogP contribution in [0, 0.1) is 0 Å². The average Bonchev–Trinajstić information content (AvgIpc) is 2.19. The lowest BCUT2D eigenvalue weighted by Crippen LogP contribution is -2.07. The van der Waals surface area contributed by atoms with Crippen LogP contribution in [0.5, 0.6) is 0 Å². The van der Waals surface area contributed by atoms with E-state index in [4.69, 9.17) is 14.7 Å². The SMILES string of the molecule is COC1=C(Br)CC(/C=N/O)=C(OC)C1. The molecule has 0 aromatic heterocycles. The molecule has 0 aliphatic heterocycles. The standard InChI is InChI=1S/C9H12BrNO3/c1-13-8-4-9(14-2)7(10)3-6(8)5-11-12/h5,12H,3-4H2,1-2H3/b11-5+. The van der Waals surface area contributed by atoms with Crippen LogP contribution in [0.2, 0.25) is 0 Å². The van der Waals surface area contributed by atoms with Gasteiger partial charge in [0.05, 0.1) is 26.9 Å². The molecule has 4 nitrogen and oxygen atoms in total. The van der Waals surface area contributed by atoms with E-state index in [9.17, 15) is 0 Å². The number of halogens is 1. The first kappa shape index (κ1) is 11.1. The van der Waals surface area contributed by atoms with E-state index in [2.05, 4.69) is 21.1 Å². The van der Waals surface area contributed by atoms with Gasteiger partial charge in [-0.05, 0) is 0 Å². The van der Waals surface area contributed by atoms with Gasteiger partial charge in [-0.15, -0.1) is 0 Å². The normalized spacial score (nSPS) is 17.9. The van der Waals surface area contributed by atoms with Crippen molar-refractivity contribution in [2.45, 2.75) is 12.8 Å². The monoisotopic (exact) mass is 261 g/mol. The van der Waals surface area contributed by atoms with E-state index in [0.717, 1.165) is 21.6 Å². The highest BCUT2D eigenvalue weighted by atomic mass is 79.9. The number of nitrogens with zero attached hydrogens (tertiary/aromatic N) is 1. The molecule has 1 N–H and O–H groups in total. The molecule has 0 amide bonds. The Kier molecular flexibility index (Phi) is 4.00. The highest BCUT2D eigenvalue weighted by Gasteiger charge is 2.19. The lowest BCUT2D eigenvalue weighted by Gasteiger charge is -2.19. The smallest absolute Gasteiger partial charge is 0.113 e. The zero-order valence-electron chi connectivity index (χ0n) is 8.08. The maximum absolute atomic E-state index is 8.46.